The van der Waals surface area contributed by atoms with E-state index in [9.17, 15) is 19.2 Å². The number of hydrogen-bond acceptors (Lipinski definition) is 9. The van der Waals surface area contributed by atoms with Gasteiger partial charge in [0.15, 0.2) is 0 Å². The molecule has 0 radical (unpaired) electrons. The summed E-state index contributed by atoms with van der Waals surface area (Å²) in [5.41, 5.74) is 2.17. The number of benzene rings is 2. The van der Waals surface area contributed by atoms with Gasteiger partial charge in [0.2, 0.25) is 0 Å². The minimum absolute atomic E-state index is 0.232. The van der Waals surface area contributed by atoms with Crippen molar-refractivity contribution in [3.8, 4) is 20.9 Å². The highest BCUT2D eigenvalue weighted by molar-refractivity contribution is 7.18. The Balaban J connectivity index is 1.93. The molecule has 0 amide bonds. The van der Waals surface area contributed by atoms with Crippen molar-refractivity contribution in [2.45, 2.75) is 77.0 Å². The summed E-state index contributed by atoms with van der Waals surface area (Å²) in [6.07, 6.45) is 16.8. The number of unbranched alkanes of at least 4 members (excludes halogenated alkanes) is 8. The van der Waals surface area contributed by atoms with E-state index in [-0.39, 0.29) is 48.7 Å². The highest BCUT2D eigenvalue weighted by Gasteiger charge is 2.20. The van der Waals surface area contributed by atoms with Crippen molar-refractivity contribution in [1.29, 1.82) is 0 Å². The summed E-state index contributed by atoms with van der Waals surface area (Å²) in [5, 5.41) is 0. The van der Waals surface area contributed by atoms with Gasteiger partial charge >= 0.3 is 23.9 Å². The zero-order valence-electron chi connectivity index (χ0n) is 30.7. The molecule has 1 aromatic heterocycles. The maximum atomic E-state index is 13.2. The highest BCUT2D eigenvalue weighted by Crippen LogP contribution is 2.36. The molecule has 3 rings (SSSR count). The third kappa shape index (κ3) is 14.9. The Labute approximate surface area is 318 Å². The molecule has 53 heavy (non-hydrogen) atoms. The van der Waals surface area contributed by atoms with Crippen molar-refractivity contribution < 1.29 is 38.1 Å². The molecule has 8 nitrogen and oxygen atoms in total. The number of carbonyl (C=O) groups excluding carboxylic acids is 4. The summed E-state index contributed by atoms with van der Waals surface area (Å²) < 4.78 is 22.2. The SMILES string of the molecule is C=CCCCCOC(=O)c1cc(C(=O)OCCCCC=C)cc(-c2ccc(-c3cc(C(=O)OCCCCC=C)cc(C(=O)OCCCCC=C)c3)s2)c1. The quantitative estimate of drug-likeness (QED) is 0.0347. The molecule has 0 atom stereocenters. The number of ether oxygens (including phenoxy) is 4. The second kappa shape index (κ2) is 24.3. The lowest BCUT2D eigenvalue weighted by Crippen LogP contribution is -2.11. The van der Waals surface area contributed by atoms with Crippen molar-refractivity contribution in [2.24, 2.45) is 0 Å². The van der Waals surface area contributed by atoms with Crippen molar-refractivity contribution in [3.63, 3.8) is 0 Å². The summed E-state index contributed by atoms with van der Waals surface area (Å²) >= 11 is 1.38. The molecule has 0 spiro atoms. The number of carbonyl (C=O) groups is 4. The van der Waals surface area contributed by atoms with E-state index in [2.05, 4.69) is 26.3 Å². The highest BCUT2D eigenvalue weighted by atomic mass is 32.1. The molecule has 2 aromatic carbocycles. The first kappa shape index (κ1) is 42.4. The molecule has 0 aliphatic heterocycles. The van der Waals surface area contributed by atoms with E-state index >= 15 is 0 Å². The average molecular weight is 741 g/mol. The third-order valence-corrected chi connectivity index (χ3v) is 9.31. The number of esters is 4. The Kier molecular flexibility index (Phi) is 19.4. The van der Waals surface area contributed by atoms with Gasteiger partial charge in [0.25, 0.3) is 0 Å². The number of allylic oxidation sites excluding steroid dienone is 4. The Morgan fingerprint density at radius 1 is 0.434 bits per heavy atom. The first-order valence-corrected chi connectivity index (χ1v) is 19.2. The van der Waals surface area contributed by atoms with E-state index in [1.54, 1.807) is 24.3 Å². The van der Waals surface area contributed by atoms with Crippen LogP contribution in [-0.4, -0.2) is 50.3 Å². The summed E-state index contributed by atoms with van der Waals surface area (Å²) in [6, 6.07) is 13.5. The average Bonchev–Trinajstić information content (AvgIpc) is 3.68. The van der Waals surface area contributed by atoms with Crippen LogP contribution >= 0.6 is 11.3 Å². The largest absolute Gasteiger partial charge is 0.462 e. The van der Waals surface area contributed by atoms with Crippen LogP contribution in [0, 0.1) is 0 Å². The van der Waals surface area contributed by atoms with Crippen LogP contribution < -0.4 is 0 Å². The van der Waals surface area contributed by atoms with Gasteiger partial charge in [0, 0.05) is 9.75 Å². The lowest BCUT2D eigenvalue weighted by molar-refractivity contribution is 0.0479. The molecule has 3 aromatic rings. The minimum atomic E-state index is -0.536. The van der Waals surface area contributed by atoms with Crippen LogP contribution in [0.3, 0.4) is 0 Å². The van der Waals surface area contributed by atoms with Gasteiger partial charge in [-0.2, -0.15) is 0 Å². The van der Waals surface area contributed by atoms with Gasteiger partial charge in [-0.05, 0) is 137 Å². The Morgan fingerprint density at radius 2 is 0.698 bits per heavy atom. The third-order valence-electron chi connectivity index (χ3n) is 8.13. The van der Waals surface area contributed by atoms with Crippen molar-refractivity contribution in [3.05, 3.63) is 121 Å². The van der Waals surface area contributed by atoms with Crippen LogP contribution in [0.1, 0.15) is 118 Å². The smallest absolute Gasteiger partial charge is 0.338 e. The van der Waals surface area contributed by atoms with Gasteiger partial charge in [-0.1, -0.05) is 24.3 Å². The standard InChI is InChI=1S/C44H52O8S/c1-5-9-13-17-23-49-41(45)35-27-33(28-36(31-35)42(46)50-24-18-14-10-6-2)39-21-22-40(53-39)34-29-37(43(47)51-25-19-15-11-7-3)32-38(30-34)44(48)52-26-20-16-12-8-4/h5-8,21-22,27-32H,1-4,9-20,23-26H2. The lowest BCUT2D eigenvalue weighted by atomic mass is 10.0. The molecule has 282 valence electrons. The van der Waals surface area contributed by atoms with E-state index in [1.807, 2.05) is 36.4 Å². The van der Waals surface area contributed by atoms with E-state index in [0.29, 0.717) is 36.8 Å². The zero-order chi connectivity index (χ0) is 38.3. The van der Waals surface area contributed by atoms with Gasteiger partial charge < -0.3 is 18.9 Å². The second-order valence-electron chi connectivity index (χ2n) is 12.4. The molecule has 1 heterocycles. The molecular formula is C44H52O8S. The summed E-state index contributed by atoms with van der Waals surface area (Å²) in [5.74, 6) is -2.15. The fourth-order valence-corrected chi connectivity index (χ4v) is 6.20. The van der Waals surface area contributed by atoms with Crippen LogP contribution in [0.25, 0.3) is 20.9 Å². The van der Waals surface area contributed by atoms with E-state index in [1.165, 1.54) is 23.5 Å². The van der Waals surface area contributed by atoms with Gasteiger partial charge in [-0.15, -0.1) is 37.7 Å². The van der Waals surface area contributed by atoms with Crippen LogP contribution in [0.2, 0.25) is 0 Å². The van der Waals surface area contributed by atoms with Crippen molar-refractivity contribution in [1.82, 2.24) is 0 Å². The molecule has 0 bridgehead atoms. The van der Waals surface area contributed by atoms with Gasteiger partial charge in [-0.3, -0.25) is 0 Å². The maximum absolute atomic E-state index is 13.2. The number of rotatable bonds is 26. The summed E-state index contributed by atoms with van der Waals surface area (Å²) in [7, 11) is 0. The minimum Gasteiger partial charge on any atom is -0.462 e. The number of hydrogen-bond donors (Lipinski definition) is 0. The summed E-state index contributed by atoms with van der Waals surface area (Å²) in [4.78, 5) is 54.1. The molecule has 0 fully saturated rings. The predicted octanol–water partition coefficient (Wildman–Crippen LogP) is 11.1. The van der Waals surface area contributed by atoms with Crippen LogP contribution in [0.4, 0.5) is 0 Å². The zero-order valence-corrected chi connectivity index (χ0v) is 31.6. The van der Waals surface area contributed by atoms with Gasteiger partial charge in [0.05, 0.1) is 48.7 Å². The number of thiophene rings is 1. The fourth-order valence-electron chi connectivity index (χ4n) is 5.22. The normalized spacial score (nSPS) is 10.6. The first-order chi connectivity index (χ1) is 25.8. The molecule has 9 heteroatoms. The molecule has 0 N–H and O–H groups in total. The fraction of sp³-hybridized carbons (Fsp3) is 0.364. The van der Waals surface area contributed by atoms with Crippen molar-refractivity contribution >= 4 is 35.2 Å². The van der Waals surface area contributed by atoms with Crippen LogP contribution in [0.5, 0.6) is 0 Å². The maximum Gasteiger partial charge on any atom is 0.338 e. The van der Waals surface area contributed by atoms with Crippen LogP contribution in [-0.2, 0) is 18.9 Å². The second-order valence-corrected chi connectivity index (χ2v) is 13.5. The van der Waals surface area contributed by atoms with Gasteiger partial charge in [0.1, 0.15) is 0 Å². The Hall–Kier alpha value is -5.02. The lowest BCUT2D eigenvalue weighted by Gasteiger charge is -2.11. The Bertz CT molecular complexity index is 1480. The topological polar surface area (TPSA) is 105 Å². The molecule has 0 saturated carbocycles. The van der Waals surface area contributed by atoms with Crippen molar-refractivity contribution in [2.75, 3.05) is 26.4 Å². The van der Waals surface area contributed by atoms with E-state index in [0.717, 1.165) is 61.1 Å². The first-order valence-electron chi connectivity index (χ1n) is 18.3. The molecule has 0 unspecified atom stereocenters. The molecule has 0 saturated heterocycles. The Morgan fingerprint density at radius 3 is 0.943 bits per heavy atom. The summed E-state index contributed by atoms with van der Waals surface area (Å²) in [6.45, 7) is 15.9. The molecular weight excluding hydrogens is 689 g/mol. The van der Waals surface area contributed by atoms with E-state index in [4.69, 9.17) is 18.9 Å². The van der Waals surface area contributed by atoms with E-state index < -0.39 is 23.9 Å². The van der Waals surface area contributed by atoms with Gasteiger partial charge in [-0.25, -0.2) is 19.2 Å². The predicted molar refractivity (Wildman–Crippen MR) is 213 cm³/mol. The molecule has 0 aliphatic carbocycles. The molecule has 0 aliphatic rings. The monoisotopic (exact) mass is 740 g/mol. The van der Waals surface area contributed by atoms with Crippen LogP contribution in [0.15, 0.2) is 99.2 Å².